The summed E-state index contributed by atoms with van der Waals surface area (Å²) in [5.41, 5.74) is 2.95. The fourth-order valence-electron chi connectivity index (χ4n) is 4.34. The SMILES string of the molecule is O=C1NC(=O)/C(=C/c2ccnc(N3CCC(CCCc4ccc5occc5c4)CC3)n2)S1. The van der Waals surface area contributed by atoms with E-state index in [0.717, 1.165) is 55.6 Å². The summed E-state index contributed by atoms with van der Waals surface area (Å²) < 4.78 is 5.42. The number of carbonyl (C=O) groups excluding carboxylic acids is 2. The topological polar surface area (TPSA) is 88.3 Å². The number of aryl methyl sites for hydroxylation is 1. The van der Waals surface area contributed by atoms with E-state index in [1.165, 1.54) is 23.8 Å². The summed E-state index contributed by atoms with van der Waals surface area (Å²) in [4.78, 5) is 34.7. The quantitative estimate of drug-likeness (QED) is 0.543. The highest BCUT2D eigenvalue weighted by Gasteiger charge is 2.25. The first kappa shape index (κ1) is 20.8. The zero-order chi connectivity index (χ0) is 21.9. The summed E-state index contributed by atoms with van der Waals surface area (Å²) >= 11 is 0.900. The van der Waals surface area contributed by atoms with E-state index in [4.69, 9.17) is 4.42 Å². The van der Waals surface area contributed by atoms with Crippen molar-refractivity contribution in [3.63, 3.8) is 0 Å². The lowest BCUT2D eigenvalue weighted by Crippen LogP contribution is -2.35. The van der Waals surface area contributed by atoms with E-state index in [2.05, 4.69) is 38.4 Å². The number of furan rings is 1. The molecule has 2 aliphatic heterocycles. The molecule has 7 nitrogen and oxygen atoms in total. The van der Waals surface area contributed by atoms with Gasteiger partial charge >= 0.3 is 0 Å². The highest BCUT2D eigenvalue weighted by Crippen LogP contribution is 2.27. The van der Waals surface area contributed by atoms with Gasteiger partial charge in [0.2, 0.25) is 5.95 Å². The normalized spacial score (nSPS) is 18.6. The zero-order valence-electron chi connectivity index (χ0n) is 17.6. The van der Waals surface area contributed by atoms with Crippen molar-refractivity contribution in [2.75, 3.05) is 18.0 Å². The molecule has 0 aliphatic carbocycles. The minimum Gasteiger partial charge on any atom is -0.464 e. The van der Waals surface area contributed by atoms with E-state index in [-0.39, 0.29) is 11.1 Å². The van der Waals surface area contributed by atoms with Crippen LogP contribution >= 0.6 is 11.8 Å². The van der Waals surface area contributed by atoms with E-state index < -0.39 is 0 Å². The fourth-order valence-corrected chi connectivity index (χ4v) is 5.01. The Morgan fingerprint density at radius 2 is 2.06 bits per heavy atom. The summed E-state index contributed by atoms with van der Waals surface area (Å²) in [7, 11) is 0. The molecule has 2 amide bonds. The first-order valence-electron chi connectivity index (χ1n) is 10.9. The van der Waals surface area contributed by atoms with E-state index in [9.17, 15) is 9.59 Å². The van der Waals surface area contributed by atoms with Crippen LogP contribution in [0.5, 0.6) is 0 Å². The van der Waals surface area contributed by atoms with Gasteiger partial charge in [-0.05, 0) is 85.7 Å². The molecule has 0 spiro atoms. The lowest BCUT2D eigenvalue weighted by Gasteiger charge is -2.32. The van der Waals surface area contributed by atoms with Crippen molar-refractivity contribution >= 4 is 45.9 Å². The third kappa shape index (κ3) is 4.70. The van der Waals surface area contributed by atoms with Gasteiger partial charge in [0.05, 0.1) is 16.9 Å². The van der Waals surface area contributed by atoms with Crippen molar-refractivity contribution in [1.82, 2.24) is 15.3 Å². The number of piperidine rings is 1. The average Bonchev–Trinajstić information content (AvgIpc) is 3.39. The van der Waals surface area contributed by atoms with Crippen molar-refractivity contribution < 1.29 is 14.0 Å². The standard InChI is InChI=1S/C24H24N4O3S/c29-22-21(32-24(30)27-22)15-19-6-10-25-23(26-19)28-11-7-16(8-12-28)2-1-3-17-4-5-20-18(14-17)9-13-31-20/h4-6,9-10,13-16H,1-3,7-8,11-12H2,(H,27,29,30)/b21-15-. The number of amides is 2. The number of benzene rings is 1. The van der Waals surface area contributed by atoms with Gasteiger partial charge < -0.3 is 9.32 Å². The minimum absolute atomic E-state index is 0.348. The van der Waals surface area contributed by atoms with Crippen molar-refractivity contribution in [3.8, 4) is 0 Å². The van der Waals surface area contributed by atoms with E-state index >= 15 is 0 Å². The second-order valence-corrected chi connectivity index (χ2v) is 9.26. The number of nitrogens with zero attached hydrogens (tertiary/aromatic N) is 3. The average molecular weight is 449 g/mol. The summed E-state index contributed by atoms with van der Waals surface area (Å²) in [5, 5.41) is 3.09. The molecule has 5 rings (SSSR count). The molecule has 2 aromatic heterocycles. The van der Waals surface area contributed by atoms with Crippen LogP contribution in [0.1, 0.15) is 36.9 Å². The van der Waals surface area contributed by atoms with Crippen molar-refractivity contribution in [2.24, 2.45) is 5.92 Å². The van der Waals surface area contributed by atoms with E-state index in [0.29, 0.717) is 16.5 Å². The summed E-state index contributed by atoms with van der Waals surface area (Å²) in [6.45, 7) is 1.86. The molecule has 1 aromatic carbocycles. The molecule has 0 bridgehead atoms. The van der Waals surface area contributed by atoms with Crippen LogP contribution in [-0.2, 0) is 11.2 Å². The van der Waals surface area contributed by atoms with Crippen molar-refractivity contribution in [3.05, 3.63) is 59.0 Å². The smallest absolute Gasteiger partial charge is 0.290 e. The van der Waals surface area contributed by atoms with Crippen LogP contribution in [0.3, 0.4) is 0 Å². The number of nitrogens with one attached hydrogen (secondary N) is 1. The van der Waals surface area contributed by atoms with Crippen LogP contribution in [0.25, 0.3) is 17.0 Å². The molecule has 0 saturated carbocycles. The largest absolute Gasteiger partial charge is 0.464 e. The van der Waals surface area contributed by atoms with Gasteiger partial charge in [-0.25, -0.2) is 9.97 Å². The van der Waals surface area contributed by atoms with Crippen molar-refractivity contribution in [2.45, 2.75) is 32.1 Å². The van der Waals surface area contributed by atoms with Crippen LogP contribution < -0.4 is 10.2 Å². The van der Waals surface area contributed by atoms with Gasteiger partial charge in [-0.1, -0.05) is 6.07 Å². The van der Waals surface area contributed by atoms with Crippen LogP contribution in [-0.4, -0.2) is 34.2 Å². The third-order valence-electron chi connectivity index (χ3n) is 6.08. The fraction of sp³-hybridized carbons (Fsp3) is 0.333. The van der Waals surface area contributed by atoms with Gasteiger partial charge in [-0.15, -0.1) is 0 Å². The lowest BCUT2D eigenvalue weighted by molar-refractivity contribution is -0.115. The van der Waals surface area contributed by atoms with Crippen LogP contribution in [0.2, 0.25) is 0 Å². The Hall–Kier alpha value is -3.13. The number of rotatable bonds is 6. The van der Waals surface area contributed by atoms with Crippen molar-refractivity contribution in [1.29, 1.82) is 0 Å². The Morgan fingerprint density at radius 3 is 2.88 bits per heavy atom. The third-order valence-corrected chi connectivity index (χ3v) is 6.89. The summed E-state index contributed by atoms with van der Waals surface area (Å²) in [6, 6.07) is 10.2. The first-order chi connectivity index (χ1) is 15.6. The monoisotopic (exact) mass is 448 g/mol. The highest BCUT2D eigenvalue weighted by molar-refractivity contribution is 8.18. The van der Waals surface area contributed by atoms with Gasteiger partial charge in [-0.3, -0.25) is 14.9 Å². The maximum absolute atomic E-state index is 11.8. The maximum atomic E-state index is 11.8. The molecular formula is C24H24N4O3S. The molecule has 164 valence electrons. The summed E-state index contributed by atoms with van der Waals surface area (Å²) in [5.74, 6) is 1.03. The molecule has 2 fully saturated rings. The Bertz CT molecular complexity index is 1180. The number of fused-ring (bicyclic) bond motifs is 1. The molecule has 3 aromatic rings. The number of hydrogen-bond donors (Lipinski definition) is 1. The molecular weight excluding hydrogens is 424 g/mol. The minimum atomic E-state index is -0.370. The van der Waals surface area contributed by atoms with Gasteiger partial charge in [-0.2, -0.15) is 0 Å². The molecule has 2 saturated heterocycles. The van der Waals surface area contributed by atoms with Gasteiger partial charge in [0.15, 0.2) is 0 Å². The van der Waals surface area contributed by atoms with Crippen LogP contribution in [0.4, 0.5) is 10.7 Å². The number of hydrogen-bond acceptors (Lipinski definition) is 7. The number of thioether (sulfide) groups is 1. The van der Waals surface area contributed by atoms with Gasteiger partial charge in [0.25, 0.3) is 11.1 Å². The Kier molecular flexibility index (Phi) is 5.94. The molecule has 4 heterocycles. The Labute approximate surface area is 190 Å². The van der Waals surface area contributed by atoms with E-state index in [1.54, 1.807) is 24.6 Å². The second-order valence-electron chi connectivity index (χ2n) is 8.25. The highest BCUT2D eigenvalue weighted by atomic mass is 32.2. The zero-order valence-corrected chi connectivity index (χ0v) is 18.4. The lowest BCUT2D eigenvalue weighted by atomic mass is 9.91. The second kappa shape index (κ2) is 9.16. The molecule has 32 heavy (non-hydrogen) atoms. The number of anilines is 1. The Morgan fingerprint density at radius 1 is 1.19 bits per heavy atom. The van der Waals surface area contributed by atoms with Crippen LogP contribution in [0, 0.1) is 5.92 Å². The van der Waals surface area contributed by atoms with E-state index in [1.807, 2.05) is 6.07 Å². The molecule has 0 atom stereocenters. The molecule has 2 aliphatic rings. The first-order valence-corrected chi connectivity index (χ1v) is 11.7. The number of carbonyl (C=O) groups is 2. The molecule has 1 N–H and O–H groups in total. The van der Waals surface area contributed by atoms with Gasteiger partial charge in [0.1, 0.15) is 5.58 Å². The molecule has 8 heteroatoms. The number of imide groups is 1. The molecule has 0 radical (unpaired) electrons. The molecule has 0 unspecified atom stereocenters. The Balaban J connectivity index is 1.12. The number of aromatic nitrogens is 2. The maximum Gasteiger partial charge on any atom is 0.290 e. The summed E-state index contributed by atoms with van der Waals surface area (Å²) in [6.07, 6.45) is 10.8. The van der Waals surface area contributed by atoms with Crippen LogP contribution in [0.15, 0.2) is 52.1 Å². The predicted molar refractivity (Wildman–Crippen MR) is 125 cm³/mol. The predicted octanol–water partition coefficient (Wildman–Crippen LogP) is 4.79. The van der Waals surface area contributed by atoms with Gasteiger partial charge in [0, 0.05) is 24.7 Å².